The minimum absolute atomic E-state index is 0.407. The zero-order valence-corrected chi connectivity index (χ0v) is 11.2. The molecule has 0 aromatic heterocycles. The molecule has 0 aliphatic heterocycles. The van der Waals surface area contributed by atoms with Crippen LogP contribution in [-0.4, -0.2) is 12.2 Å². The lowest BCUT2D eigenvalue weighted by atomic mass is 10.1. The van der Waals surface area contributed by atoms with Gasteiger partial charge in [-0.3, -0.25) is 0 Å². The molecule has 100 valence electrons. The van der Waals surface area contributed by atoms with Gasteiger partial charge >= 0.3 is 0 Å². The van der Waals surface area contributed by atoms with E-state index < -0.39 is 6.10 Å². The van der Waals surface area contributed by atoms with Crippen molar-refractivity contribution in [3.8, 4) is 17.2 Å². The van der Waals surface area contributed by atoms with Gasteiger partial charge in [0.05, 0.1) is 13.2 Å². The third-order valence-electron chi connectivity index (χ3n) is 2.95. The molecule has 0 saturated heterocycles. The van der Waals surface area contributed by atoms with Crippen LogP contribution in [0.5, 0.6) is 17.2 Å². The molecule has 0 amide bonds. The van der Waals surface area contributed by atoms with Crippen molar-refractivity contribution in [2.45, 2.75) is 19.4 Å². The van der Waals surface area contributed by atoms with Crippen molar-refractivity contribution in [3.05, 3.63) is 54.1 Å². The Morgan fingerprint density at radius 2 is 1.37 bits per heavy atom. The van der Waals surface area contributed by atoms with Crippen LogP contribution in [-0.2, 0) is 0 Å². The molecule has 0 fully saturated rings. The number of aliphatic hydroxyl groups is 1. The van der Waals surface area contributed by atoms with Gasteiger partial charge < -0.3 is 14.6 Å². The molecule has 0 spiro atoms. The van der Waals surface area contributed by atoms with Gasteiger partial charge in [0.2, 0.25) is 0 Å². The third kappa shape index (κ3) is 3.48. The van der Waals surface area contributed by atoms with Gasteiger partial charge in [-0.25, -0.2) is 0 Å². The number of hydrogen-bond acceptors (Lipinski definition) is 3. The first-order valence-corrected chi connectivity index (χ1v) is 6.33. The van der Waals surface area contributed by atoms with Crippen molar-refractivity contribution in [1.82, 2.24) is 0 Å². The van der Waals surface area contributed by atoms with Crippen LogP contribution in [0.4, 0.5) is 0 Å². The summed E-state index contributed by atoms with van der Waals surface area (Å²) in [6.07, 6.45) is 0.300. The summed E-state index contributed by atoms with van der Waals surface area (Å²) >= 11 is 0. The van der Waals surface area contributed by atoms with Crippen LogP contribution in [0, 0.1) is 0 Å². The Hall–Kier alpha value is -2.00. The van der Waals surface area contributed by atoms with E-state index in [1.54, 1.807) is 7.11 Å². The monoisotopic (exact) mass is 258 g/mol. The molecular formula is C16H18O3. The SMILES string of the molecule is CC[C@@H](O)c1ccc(Oc2ccc(OC)cc2)cc1. The predicted molar refractivity (Wildman–Crippen MR) is 74.8 cm³/mol. The second-order valence-electron chi connectivity index (χ2n) is 4.27. The molecule has 3 heteroatoms. The molecule has 2 aromatic rings. The first kappa shape index (κ1) is 13.4. The summed E-state index contributed by atoms with van der Waals surface area (Å²) in [6.45, 7) is 1.95. The lowest BCUT2D eigenvalue weighted by Gasteiger charge is -2.10. The fourth-order valence-corrected chi connectivity index (χ4v) is 1.77. The molecule has 2 rings (SSSR count). The summed E-state index contributed by atoms with van der Waals surface area (Å²) in [5, 5.41) is 9.71. The smallest absolute Gasteiger partial charge is 0.127 e. The van der Waals surface area contributed by atoms with Gasteiger partial charge in [-0.15, -0.1) is 0 Å². The Balaban J connectivity index is 2.06. The number of methoxy groups -OCH3 is 1. The van der Waals surface area contributed by atoms with Crippen molar-refractivity contribution < 1.29 is 14.6 Å². The van der Waals surface area contributed by atoms with Gasteiger partial charge in [-0.05, 0) is 48.4 Å². The summed E-state index contributed by atoms with van der Waals surface area (Å²) in [5.41, 5.74) is 0.907. The number of aliphatic hydroxyl groups excluding tert-OH is 1. The van der Waals surface area contributed by atoms with Gasteiger partial charge in [0, 0.05) is 0 Å². The molecule has 0 heterocycles. The highest BCUT2D eigenvalue weighted by Gasteiger charge is 2.04. The van der Waals surface area contributed by atoms with Crippen LogP contribution in [0.25, 0.3) is 0 Å². The fraction of sp³-hybridized carbons (Fsp3) is 0.250. The maximum absolute atomic E-state index is 9.71. The Bertz CT molecular complexity index is 503. The van der Waals surface area contributed by atoms with Crippen molar-refractivity contribution in [2.24, 2.45) is 0 Å². The van der Waals surface area contributed by atoms with E-state index in [0.717, 1.165) is 22.8 Å². The molecule has 3 nitrogen and oxygen atoms in total. The molecule has 2 aromatic carbocycles. The van der Waals surface area contributed by atoms with E-state index in [1.807, 2.05) is 55.5 Å². The average Bonchev–Trinajstić information content (AvgIpc) is 2.48. The van der Waals surface area contributed by atoms with E-state index in [2.05, 4.69) is 0 Å². The van der Waals surface area contributed by atoms with E-state index in [9.17, 15) is 5.11 Å². The third-order valence-corrected chi connectivity index (χ3v) is 2.95. The average molecular weight is 258 g/mol. The van der Waals surface area contributed by atoms with E-state index in [4.69, 9.17) is 9.47 Å². The summed E-state index contributed by atoms with van der Waals surface area (Å²) in [7, 11) is 1.63. The molecule has 0 aliphatic rings. The van der Waals surface area contributed by atoms with Crippen molar-refractivity contribution >= 4 is 0 Å². The zero-order valence-electron chi connectivity index (χ0n) is 11.2. The second kappa shape index (κ2) is 6.25. The highest BCUT2D eigenvalue weighted by atomic mass is 16.5. The Morgan fingerprint density at radius 1 is 0.895 bits per heavy atom. The number of ether oxygens (including phenoxy) is 2. The van der Waals surface area contributed by atoms with Crippen LogP contribution in [0.2, 0.25) is 0 Å². The minimum atomic E-state index is -0.407. The van der Waals surface area contributed by atoms with E-state index in [1.165, 1.54) is 0 Å². The Kier molecular flexibility index (Phi) is 4.42. The lowest BCUT2D eigenvalue weighted by Crippen LogP contribution is -1.94. The van der Waals surface area contributed by atoms with Crippen molar-refractivity contribution in [3.63, 3.8) is 0 Å². The molecule has 0 radical (unpaired) electrons. The molecular weight excluding hydrogens is 240 g/mol. The summed E-state index contributed by atoms with van der Waals surface area (Å²) < 4.78 is 10.8. The maximum Gasteiger partial charge on any atom is 0.127 e. The largest absolute Gasteiger partial charge is 0.497 e. The van der Waals surface area contributed by atoms with Gasteiger partial charge in [0.15, 0.2) is 0 Å². The van der Waals surface area contributed by atoms with Crippen LogP contribution in [0.15, 0.2) is 48.5 Å². The fourth-order valence-electron chi connectivity index (χ4n) is 1.77. The molecule has 1 N–H and O–H groups in total. The molecule has 1 atom stereocenters. The molecule has 0 saturated carbocycles. The first-order chi connectivity index (χ1) is 9.22. The Labute approximate surface area is 113 Å². The van der Waals surface area contributed by atoms with Gasteiger partial charge in [0.1, 0.15) is 17.2 Å². The topological polar surface area (TPSA) is 38.7 Å². The van der Waals surface area contributed by atoms with E-state index in [0.29, 0.717) is 6.42 Å². The summed E-state index contributed by atoms with van der Waals surface area (Å²) in [4.78, 5) is 0. The van der Waals surface area contributed by atoms with Gasteiger partial charge in [-0.1, -0.05) is 19.1 Å². The lowest BCUT2D eigenvalue weighted by molar-refractivity contribution is 0.173. The van der Waals surface area contributed by atoms with Gasteiger partial charge in [0.25, 0.3) is 0 Å². The molecule has 19 heavy (non-hydrogen) atoms. The number of hydrogen-bond donors (Lipinski definition) is 1. The van der Waals surface area contributed by atoms with Gasteiger partial charge in [-0.2, -0.15) is 0 Å². The van der Waals surface area contributed by atoms with Crippen LogP contribution in [0.3, 0.4) is 0 Å². The summed E-state index contributed by atoms with van der Waals surface area (Å²) in [5.74, 6) is 2.30. The summed E-state index contributed by atoms with van der Waals surface area (Å²) in [6, 6.07) is 14.9. The molecule has 0 bridgehead atoms. The predicted octanol–water partition coefficient (Wildman–Crippen LogP) is 3.93. The number of rotatable bonds is 5. The quantitative estimate of drug-likeness (QED) is 0.883. The normalized spacial score (nSPS) is 11.9. The highest BCUT2D eigenvalue weighted by molar-refractivity contribution is 5.36. The van der Waals surface area contributed by atoms with Crippen LogP contribution < -0.4 is 9.47 Å². The van der Waals surface area contributed by atoms with E-state index >= 15 is 0 Å². The van der Waals surface area contributed by atoms with Crippen molar-refractivity contribution in [1.29, 1.82) is 0 Å². The molecule has 0 aliphatic carbocycles. The standard InChI is InChI=1S/C16H18O3/c1-3-16(17)12-4-6-14(7-5-12)19-15-10-8-13(18-2)9-11-15/h4-11,16-17H,3H2,1-2H3/t16-/m1/s1. The van der Waals surface area contributed by atoms with Crippen LogP contribution in [0.1, 0.15) is 25.0 Å². The maximum atomic E-state index is 9.71. The first-order valence-electron chi connectivity index (χ1n) is 6.33. The second-order valence-corrected chi connectivity index (χ2v) is 4.27. The van der Waals surface area contributed by atoms with Crippen molar-refractivity contribution in [2.75, 3.05) is 7.11 Å². The Morgan fingerprint density at radius 3 is 1.84 bits per heavy atom. The highest BCUT2D eigenvalue weighted by Crippen LogP contribution is 2.25. The molecule has 0 unspecified atom stereocenters. The van der Waals surface area contributed by atoms with E-state index in [-0.39, 0.29) is 0 Å². The van der Waals surface area contributed by atoms with Crippen LogP contribution >= 0.6 is 0 Å². The minimum Gasteiger partial charge on any atom is -0.497 e. The zero-order chi connectivity index (χ0) is 13.7. The number of benzene rings is 2.